The summed E-state index contributed by atoms with van der Waals surface area (Å²) in [5, 5.41) is 3.01. The van der Waals surface area contributed by atoms with Crippen molar-refractivity contribution in [1.82, 2.24) is 0 Å². The van der Waals surface area contributed by atoms with Gasteiger partial charge in [-0.1, -0.05) is 12.1 Å². The van der Waals surface area contributed by atoms with Crippen LogP contribution in [0.15, 0.2) is 48.5 Å². The minimum absolute atomic E-state index is 0.0903. The molecule has 2 aromatic carbocycles. The maximum Gasteiger partial charge on any atom is 0.265 e. The molecule has 4 nitrogen and oxygen atoms in total. The third-order valence-electron chi connectivity index (χ3n) is 4.30. The highest BCUT2D eigenvalue weighted by Crippen LogP contribution is 2.37. The van der Waals surface area contributed by atoms with Gasteiger partial charge in [-0.15, -0.1) is 11.3 Å². The highest BCUT2D eigenvalue weighted by Gasteiger charge is 2.15. The first-order valence-electron chi connectivity index (χ1n) is 8.48. The van der Waals surface area contributed by atoms with E-state index in [1.54, 1.807) is 0 Å². The molecule has 0 saturated carbocycles. The topological polar surface area (TPSA) is 47.6 Å². The highest BCUT2D eigenvalue weighted by atomic mass is 32.1. The summed E-state index contributed by atoms with van der Waals surface area (Å²) in [6.07, 6.45) is 0. The van der Waals surface area contributed by atoms with Crippen molar-refractivity contribution in [1.29, 1.82) is 0 Å². The van der Waals surface area contributed by atoms with E-state index in [2.05, 4.69) is 5.32 Å². The van der Waals surface area contributed by atoms with Crippen LogP contribution in [-0.4, -0.2) is 19.1 Å². The minimum atomic E-state index is -0.0903. The molecule has 1 aliphatic heterocycles. The zero-order valence-electron chi connectivity index (χ0n) is 14.7. The molecule has 0 saturated heterocycles. The predicted molar refractivity (Wildman–Crippen MR) is 105 cm³/mol. The van der Waals surface area contributed by atoms with Gasteiger partial charge in [-0.3, -0.25) is 4.79 Å². The molecule has 0 aliphatic carbocycles. The smallest absolute Gasteiger partial charge is 0.265 e. The van der Waals surface area contributed by atoms with Crippen LogP contribution in [0.3, 0.4) is 0 Å². The Morgan fingerprint density at radius 3 is 2.62 bits per heavy atom. The normalized spacial score (nSPS) is 12.7. The summed E-state index contributed by atoms with van der Waals surface area (Å²) in [7, 11) is 0. The van der Waals surface area contributed by atoms with Gasteiger partial charge in [-0.05, 0) is 66.9 Å². The van der Waals surface area contributed by atoms with E-state index in [0.717, 1.165) is 38.8 Å². The number of ether oxygens (including phenoxy) is 2. The van der Waals surface area contributed by atoms with E-state index in [1.807, 2.05) is 62.4 Å². The molecular formula is C21H19NO3S. The van der Waals surface area contributed by atoms with E-state index >= 15 is 0 Å². The van der Waals surface area contributed by atoms with Crippen LogP contribution in [0.25, 0.3) is 10.4 Å². The SMILES string of the molecule is Cc1ccc(C)c(NC(=O)c2ccc(-c3ccc4c(c3)OCCO4)s2)c1. The number of fused-ring (bicyclic) bond motifs is 1. The summed E-state index contributed by atoms with van der Waals surface area (Å²) in [5.74, 6) is 1.43. The van der Waals surface area contributed by atoms with Gasteiger partial charge in [-0.2, -0.15) is 0 Å². The standard InChI is InChI=1S/C21H19NO3S/c1-13-3-4-14(2)16(11-13)22-21(23)20-8-7-19(26-20)15-5-6-17-18(12-15)25-10-9-24-17/h3-8,11-12H,9-10H2,1-2H3,(H,22,23). The fourth-order valence-corrected chi connectivity index (χ4v) is 3.76. The number of carbonyl (C=O) groups is 1. The molecule has 1 aromatic heterocycles. The molecule has 3 aromatic rings. The molecule has 0 atom stereocenters. The zero-order valence-corrected chi connectivity index (χ0v) is 15.5. The Balaban J connectivity index is 1.56. The Bertz CT molecular complexity index is 977. The number of benzene rings is 2. The lowest BCUT2D eigenvalue weighted by Crippen LogP contribution is -2.15. The minimum Gasteiger partial charge on any atom is -0.486 e. The van der Waals surface area contributed by atoms with Crippen molar-refractivity contribution in [3.8, 4) is 21.9 Å². The Morgan fingerprint density at radius 1 is 0.962 bits per heavy atom. The van der Waals surface area contributed by atoms with E-state index in [-0.39, 0.29) is 5.91 Å². The molecule has 0 bridgehead atoms. The second kappa shape index (κ2) is 6.84. The van der Waals surface area contributed by atoms with Gasteiger partial charge in [0.15, 0.2) is 11.5 Å². The van der Waals surface area contributed by atoms with E-state index in [9.17, 15) is 4.79 Å². The molecule has 132 valence electrons. The molecule has 0 spiro atoms. The lowest BCUT2D eigenvalue weighted by Gasteiger charge is -2.18. The Labute approximate surface area is 156 Å². The van der Waals surface area contributed by atoms with Gasteiger partial charge in [0.2, 0.25) is 0 Å². The summed E-state index contributed by atoms with van der Waals surface area (Å²) in [6, 6.07) is 15.7. The van der Waals surface area contributed by atoms with Crippen molar-refractivity contribution in [3.05, 3.63) is 64.5 Å². The highest BCUT2D eigenvalue weighted by molar-refractivity contribution is 7.17. The molecule has 4 rings (SSSR count). The first kappa shape index (κ1) is 16.7. The van der Waals surface area contributed by atoms with Crippen LogP contribution >= 0.6 is 11.3 Å². The lowest BCUT2D eigenvalue weighted by molar-refractivity contribution is 0.103. The van der Waals surface area contributed by atoms with Crippen molar-refractivity contribution < 1.29 is 14.3 Å². The van der Waals surface area contributed by atoms with Crippen molar-refractivity contribution in [2.24, 2.45) is 0 Å². The number of hydrogen-bond acceptors (Lipinski definition) is 4. The Hall–Kier alpha value is -2.79. The van der Waals surface area contributed by atoms with Crippen molar-refractivity contribution in [3.63, 3.8) is 0 Å². The van der Waals surface area contributed by atoms with E-state index in [0.29, 0.717) is 18.1 Å². The second-order valence-corrected chi connectivity index (χ2v) is 7.38. The molecule has 1 N–H and O–H groups in total. The van der Waals surface area contributed by atoms with Crippen molar-refractivity contribution in [2.75, 3.05) is 18.5 Å². The van der Waals surface area contributed by atoms with Gasteiger partial charge >= 0.3 is 0 Å². The largest absolute Gasteiger partial charge is 0.486 e. The van der Waals surface area contributed by atoms with Crippen molar-refractivity contribution in [2.45, 2.75) is 13.8 Å². The second-order valence-electron chi connectivity index (χ2n) is 6.29. The first-order valence-corrected chi connectivity index (χ1v) is 9.30. The molecule has 0 fully saturated rings. The summed E-state index contributed by atoms with van der Waals surface area (Å²) >= 11 is 1.47. The van der Waals surface area contributed by atoms with Crippen LogP contribution in [0.2, 0.25) is 0 Å². The maximum atomic E-state index is 12.6. The molecular weight excluding hydrogens is 346 g/mol. The molecule has 1 amide bonds. The van der Waals surface area contributed by atoms with Gasteiger partial charge in [0.25, 0.3) is 5.91 Å². The summed E-state index contributed by atoms with van der Waals surface area (Å²) in [6.45, 7) is 5.14. The lowest BCUT2D eigenvalue weighted by atomic mass is 10.1. The Kier molecular flexibility index (Phi) is 4.39. The number of aryl methyl sites for hydroxylation is 2. The quantitative estimate of drug-likeness (QED) is 0.706. The third-order valence-corrected chi connectivity index (χ3v) is 5.43. The number of carbonyl (C=O) groups excluding carboxylic acids is 1. The van der Waals surface area contributed by atoms with Crippen LogP contribution in [0.1, 0.15) is 20.8 Å². The van der Waals surface area contributed by atoms with Gasteiger partial charge < -0.3 is 14.8 Å². The van der Waals surface area contributed by atoms with E-state index in [1.165, 1.54) is 11.3 Å². The van der Waals surface area contributed by atoms with Crippen molar-refractivity contribution >= 4 is 22.9 Å². The van der Waals surface area contributed by atoms with E-state index < -0.39 is 0 Å². The summed E-state index contributed by atoms with van der Waals surface area (Å²) in [4.78, 5) is 14.3. The fourth-order valence-electron chi connectivity index (χ4n) is 2.87. The predicted octanol–water partition coefficient (Wildman–Crippen LogP) is 5.06. The zero-order chi connectivity index (χ0) is 18.1. The number of anilines is 1. The van der Waals surface area contributed by atoms with Gasteiger partial charge in [-0.25, -0.2) is 0 Å². The van der Waals surface area contributed by atoms with Gasteiger partial charge in [0.1, 0.15) is 13.2 Å². The molecule has 5 heteroatoms. The monoisotopic (exact) mass is 365 g/mol. The summed E-state index contributed by atoms with van der Waals surface area (Å²) < 4.78 is 11.2. The first-order chi connectivity index (χ1) is 12.6. The molecule has 0 unspecified atom stereocenters. The fraction of sp³-hybridized carbons (Fsp3) is 0.190. The van der Waals surface area contributed by atoms with Gasteiger partial charge in [0.05, 0.1) is 4.88 Å². The van der Waals surface area contributed by atoms with Crippen LogP contribution in [-0.2, 0) is 0 Å². The Morgan fingerprint density at radius 2 is 1.77 bits per heavy atom. The van der Waals surface area contributed by atoms with Crippen LogP contribution < -0.4 is 14.8 Å². The number of amides is 1. The molecule has 1 aliphatic rings. The molecule has 0 radical (unpaired) electrons. The average molecular weight is 365 g/mol. The number of hydrogen-bond donors (Lipinski definition) is 1. The van der Waals surface area contributed by atoms with E-state index in [4.69, 9.17) is 9.47 Å². The molecule has 2 heterocycles. The number of thiophene rings is 1. The average Bonchev–Trinajstić information content (AvgIpc) is 3.14. The number of nitrogens with one attached hydrogen (secondary N) is 1. The number of rotatable bonds is 3. The third kappa shape index (κ3) is 3.30. The summed E-state index contributed by atoms with van der Waals surface area (Å²) in [5.41, 5.74) is 4.04. The maximum absolute atomic E-state index is 12.6. The van der Waals surface area contributed by atoms with Crippen LogP contribution in [0.5, 0.6) is 11.5 Å². The van der Waals surface area contributed by atoms with Crippen LogP contribution in [0, 0.1) is 13.8 Å². The van der Waals surface area contributed by atoms with Crippen LogP contribution in [0.4, 0.5) is 5.69 Å². The molecule has 26 heavy (non-hydrogen) atoms. The van der Waals surface area contributed by atoms with Gasteiger partial charge in [0, 0.05) is 10.6 Å².